The number of ether oxygens (including phenoxy) is 1. The van der Waals surface area contributed by atoms with Crippen molar-refractivity contribution >= 4 is 29.3 Å². The summed E-state index contributed by atoms with van der Waals surface area (Å²) in [6.07, 6.45) is 2.69. The van der Waals surface area contributed by atoms with Gasteiger partial charge in [0.15, 0.2) is 5.65 Å². The highest BCUT2D eigenvalue weighted by Crippen LogP contribution is 2.28. The van der Waals surface area contributed by atoms with Crippen molar-refractivity contribution in [3.63, 3.8) is 0 Å². The fraction of sp³-hybridized carbons (Fsp3) is 0.308. The third-order valence-electron chi connectivity index (χ3n) is 5.58. The van der Waals surface area contributed by atoms with E-state index < -0.39 is 0 Å². The highest BCUT2D eigenvalue weighted by molar-refractivity contribution is 5.86. The molecule has 33 heavy (non-hydrogen) atoms. The van der Waals surface area contributed by atoms with E-state index in [0.717, 1.165) is 23.3 Å². The van der Waals surface area contributed by atoms with Gasteiger partial charge in [-0.25, -0.2) is 4.98 Å². The van der Waals surface area contributed by atoms with E-state index in [1.54, 1.807) is 0 Å². The molecule has 0 amide bonds. The van der Waals surface area contributed by atoms with Gasteiger partial charge in [0.1, 0.15) is 12.1 Å². The minimum Gasteiger partial charge on any atom is -0.476 e. The van der Waals surface area contributed by atoms with Crippen molar-refractivity contribution in [2.24, 2.45) is 5.73 Å². The van der Waals surface area contributed by atoms with Crippen LogP contribution in [0.25, 0.3) is 22.3 Å². The summed E-state index contributed by atoms with van der Waals surface area (Å²) in [6, 6.07) is 21.2. The number of hydrogen-bond donors (Lipinski definition) is 2. The highest BCUT2D eigenvalue weighted by Gasteiger charge is 2.15. The van der Waals surface area contributed by atoms with Crippen LogP contribution in [0.1, 0.15) is 38.8 Å². The molecule has 0 spiro atoms. The molecule has 0 bridgehead atoms. The highest BCUT2D eigenvalue weighted by atomic mass is 35.5. The normalized spacial score (nSPS) is 11.9. The molecular formula is C26H32ClN5O. The largest absolute Gasteiger partial charge is 0.476 e. The van der Waals surface area contributed by atoms with E-state index in [1.165, 1.54) is 16.7 Å². The second-order valence-corrected chi connectivity index (χ2v) is 8.32. The smallest absolute Gasteiger partial charge is 0.217 e. The number of imidazole rings is 1. The molecule has 4 rings (SSSR count). The summed E-state index contributed by atoms with van der Waals surface area (Å²) in [4.78, 5) is 9.32. The Bertz CT molecular complexity index is 1160. The van der Waals surface area contributed by atoms with Gasteiger partial charge >= 0.3 is 0 Å². The Morgan fingerprint density at radius 3 is 2.39 bits per heavy atom. The average molecular weight is 466 g/mol. The third kappa shape index (κ3) is 5.83. The predicted molar refractivity (Wildman–Crippen MR) is 138 cm³/mol. The van der Waals surface area contributed by atoms with Crippen LogP contribution in [0.15, 0.2) is 67.0 Å². The molecule has 2 aromatic heterocycles. The molecule has 0 unspecified atom stereocenters. The fourth-order valence-corrected chi connectivity index (χ4v) is 3.52. The van der Waals surface area contributed by atoms with Gasteiger partial charge in [-0.05, 0) is 37.0 Å². The van der Waals surface area contributed by atoms with E-state index >= 15 is 0 Å². The van der Waals surface area contributed by atoms with Crippen LogP contribution in [-0.4, -0.2) is 27.2 Å². The molecule has 6 nitrogen and oxygen atoms in total. The van der Waals surface area contributed by atoms with Gasteiger partial charge in [0.2, 0.25) is 5.88 Å². The second-order valence-electron chi connectivity index (χ2n) is 8.32. The maximum atomic E-state index is 6.03. The Morgan fingerprint density at radius 1 is 1.03 bits per heavy atom. The average Bonchev–Trinajstić information content (AvgIpc) is 3.26. The van der Waals surface area contributed by atoms with Crippen molar-refractivity contribution < 1.29 is 4.74 Å². The monoisotopic (exact) mass is 465 g/mol. The van der Waals surface area contributed by atoms with Crippen LogP contribution in [-0.2, 0) is 6.54 Å². The number of fused-ring (bicyclic) bond motifs is 1. The Hall–Kier alpha value is -3.09. The van der Waals surface area contributed by atoms with E-state index in [9.17, 15) is 0 Å². The van der Waals surface area contributed by atoms with E-state index in [1.807, 2.05) is 18.5 Å². The molecule has 174 valence electrons. The number of aromatic nitrogens is 3. The van der Waals surface area contributed by atoms with E-state index in [4.69, 9.17) is 15.5 Å². The number of rotatable bonds is 9. The number of nitrogens with two attached hydrogens (primary N) is 1. The molecule has 0 fully saturated rings. The van der Waals surface area contributed by atoms with Crippen LogP contribution in [0, 0.1) is 0 Å². The Balaban J connectivity index is 0.00000306. The Morgan fingerprint density at radius 2 is 1.73 bits per heavy atom. The van der Waals surface area contributed by atoms with Crippen LogP contribution < -0.4 is 15.8 Å². The molecule has 0 aliphatic carbocycles. The lowest BCUT2D eigenvalue weighted by molar-refractivity contribution is 0.276. The number of nitrogens with zero attached hydrogens (tertiary/aromatic N) is 3. The van der Waals surface area contributed by atoms with Gasteiger partial charge in [-0.1, -0.05) is 61.5 Å². The molecule has 0 radical (unpaired) electrons. The maximum Gasteiger partial charge on any atom is 0.217 e. The lowest BCUT2D eigenvalue weighted by atomic mass is 10.0. The topological polar surface area (TPSA) is 78.0 Å². The van der Waals surface area contributed by atoms with Crippen LogP contribution >= 0.6 is 12.4 Å². The van der Waals surface area contributed by atoms with Gasteiger partial charge in [0.05, 0.1) is 12.0 Å². The second kappa shape index (κ2) is 11.2. The minimum absolute atomic E-state index is 0. The predicted octanol–water partition coefficient (Wildman–Crippen LogP) is 5.83. The quantitative estimate of drug-likeness (QED) is 0.325. The van der Waals surface area contributed by atoms with Gasteiger partial charge in [-0.15, -0.1) is 12.4 Å². The number of anilines is 1. The molecule has 0 saturated heterocycles. The van der Waals surface area contributed by atoms with Crippen molar-refractivity contribution in [3.05, 3.63) is 72.6 Å². The minimum atomic E-state index is -0.0120. The molecule has 0 aliphatic rings. The SMILES string of the molecule is CC[C@H](N)COc1cc(NCc2ccc(-c3ccccc3)cc2)c2ncn(C(C)C)c2n1.Cl. The first kappa shape index (κ1) is 24.6. The summed E-state index contributed by atoms with van der Waals surface area (Å²) in [7, 11) is 0. The zero-order valence-electron chi connectivity index (χ0n) is 19.4. The first-order valence-electron chi connectivity index (χ1n) is 11.2. The van der Waals surface area contributed by atoms with Crippen molar-refractivity contribution in [2.45, 2.75) is 45.8 Å². The van der Waals surface area contributed by atoms with Gasteiger partial charge < -0.3 is 20.4 Å². The zero-order chi connectivity index (χ0) is 22.5. The number of halogens is 1. The molecule has 7 heteroatoms. The lowest BCUT2D eigenvalue weighted by Crippen LogP contribution is -2.26. The molecule has 0 saturated carbocycles. The molecule has 3 N–H and O–H groups in total. The summed E-state index contributed by atoms with van der Waals surface area (Å²) in [5.74, 6) is 0.561. The van der Waals surface area contributed by atoms with E-state index in [-0.39, 0.29) is 24.5 Å². The van der Waals surface area contributed by atoms with Crippen LogP contribution in [0.5, 0.6) is 5.88 Å². The van der Waals surface area contributed by atoms with Gasteiger partial charge in [0, 0.05) is 24.7 Å². The summed E-state index contributed by atoms with van der Waals surface area (Å²) < 4.78 is 7.97. The number of benzene rings is 2. The van der Waals surface area contributed by atoms with Gasteiger partial charge in [0.25, 0.3) is 0 Å². The van der Waals surface area contributed by atoms with Crippen LogP contribution in [0.3, 0.4) is 0 Å². The molecule has 2 aromatic carbocycles. The van der Waals surface area contributed by atoms with Crippen LogP contribution in [0.4, 0.5) is 5.69 Å². The number of nitrogens with one attached hydrogen (secondary N) is 1. The molecular weight excluding hydrogens is 434 g/mol. The third-order valence-corrected chi connectivity index (χ3v) is 5.58. The lowest BCUT2D eigenvalue weighted by Gasteiger charge is -2.14. The maximum absolute atomic E-state index is 6.03. The van der Waals surface area contributed by atoms with Crippen molar-refractivity contribution in [1.29, 1.82) is 0 Å². The summed E-state index contributed by atoms with van der Waals surface area (Å²) in [6.45, 7) is 7.39. The van der Waals surface area contributed by atoms with Crippen molar-refractivity contribution in [3.8, 4) is 17.0 Å². The summed E-state index contributed by atoms with van der Waals surface area (Å²) in [5, 5.41) is 3.53. The molecule has 4 aromatic rings. The standard InChI is InChI=1S/C26H31N5O.ClH/c1-4-22(27)16-32-24-14-23(25-26(30-24)31(17-29-25)18(2)3)28-15-19-10-12-21(13-11-19)20-8-6-5-7-9-20;/h5-14,17-18,22H,4,15-16,27H2,1-3H3,(H,28,30);1H/t22-;/m0./s1. The van der Waals surface area contributed by atoms with E-state index in [0.29, 0.717) is 19.0 Å². The summed E-state index contributed by atoms with van der Waals surface area (Å²) in [5.41, 5.74) is 12.2. The Labute approximate surface area is 201 Å². The molecule has 2 heterocycles. The fourth-order valence-electron chi connectivity index (χ4n) is 3.52. The van der Waals surface area contributed by atoms with Crippen molar-refractivity contribution in [2.75, 3.05) is 11.9 Å². The number of pyridine rings is 1. The molecule has 0 aliphatic heterocycles. The summed E-state index contributed by atoms with van der Waals surface area (Å²) >= 11 is 0. The van der Waals surface area contributed by atoms with Crippen LogP contribution in [0.2, 0.25) is 0 Å². The zero-order valence-corrected chi connectivity index (χ0v) is 20.2. The first-order valence-corrected chi connectivity index (χ1v) is 11.2. The van der Waals surface area contributed by atoms with Gasteiger partial charge in [-0.2, -0.15) is 4.98 Å². The molecule has 1 atom stereocenters. The van der Waals surface area contributed by atoms with Gasteiger partial charge in [-0.3, -0.25) is 0 Å². The van der Waals surface area contributed by atoms with Crippen molar-refractivity contribution in [1.82, 2.24) is 14.5 Å². The van der Waals surface area contributed by atoms with E-state index in [2.05, 4.69) is 84.2 Å². The Kier molecular flexibility index (Phi) is 8.31. The first-order chi connectivity index (χ1) is 15.5. The number of hydrogen-bond acceptors (Lipinski definition) is 5.